The third-order valence-corrected chi connectivity index (χ3v) is 6.85. The molecule has 6 N–H and O–H groups in total. The van der Waals surface area contributed by atoms with Crippen LogP contribution in [0.5, 0.6) is 0 Å². The van der Waals surface area contributed by atoms with Gasteiger partial charge in [0, 0.05) is 19.8 Å². The van der Waals surface area contributed by atoms with E-state index in [0.29, 0.717) is 79.3 Å². The van der Waals surface area contributed by atoms with Gasteiger partial charge in [-0.25, -0.2) is 4.79 Å². The normalized spacial score (nSPS) is 21.9. The van der Waals surface area contributed by atoms with Crippen molar-refractivity contribution in [1.82, 2.24) is 5.32 Å². The Bertz CT molecular complexity index is 906. The number of hydrogen-bond donors (Lipinski definition) is 6. The Kier molecular flexibility index (Phi) is 26.5. The second-order valence-electron chi connectivity index (χ2n) is 10.8. The molecule has 0 saturated carbocycles. The summed E-state index contributed by atoms with van der Waals surface area (Å²) < 4.78 is 53.9. The molecule has 1 saturated heterocycles. The number of aliphatic carboxylic acids is 1. The van der Waals surface area contributed by atoms with Crippen LogP contribution in [0.25, 0.3) is 0 Å². The van der Waals surface area contributed by atoms with Gasteiger partial charge in [0.25, 0.3) is 5.79 Å². The highest BCUT2D eigenvalue weighted by Gasteiger charge is 2.55. The van der Waals surface area contributed by atoms with E-state index in [1.165, 1.54) is 0 Å². The zero-order chi connectivity index (χ0) is 37.0. The van der Waals surface area contributed by atoms with Gasteiger partial charge in [0.05, 0.1) is 137 Å². The van der Waals surface area contributed by atoms with Gasteiger partial charge in [-0.1, -0.05) is 0 Å². The fraction of sp³-hybridized carbons (Fsp3) is 0.900. The predicted octanol–water partition coefficient (Wildman–Crippen LogP) is -3.63. The molecule has 2 radical (unpaired) electrons. The molecule has 290 valence electrons. The number of nitrogens with one attached hydrogen (secondary N) is 1. The summed E-state index contributed by atoms with van der Waals surface area (Å²) in [6.45, 7) is 5.38. The quantitative estimate of drug-likeness (QED) is 0.0282. The van der Waals surface area contributed by atoms with Gasteiger partial charge < -0.3 is 83.0 Å². The van der Waals surface area contributed by atoms with E-state index in [1.807, 2.05) is 0 Å². The molecule has 1 amide bonds. The van der Waals surface area contributed by atoms with Crippen molar-refractivity contribution >= 4 is 25.4 Å². The van der Waals surface area contributed by atoms with Crippen molar-refractivity contribution in [3.63, 3.8) is 0 Å². The lowest BCUT2D eigenvalue weighted by molar-refractivity contribution is -0.312. The molecule has 20 heteroatoms. The smallest absolute Gasteiger partial charge is 0.364 e. The van der Waals surface area contributed by atoms with Crippen molar-refractivity contribution in [3.8, 4) is 0 Å². The topological polar surface area (TPSA) is 257 Å². The molecule has 19 nitrogen and oxygen atoms in total. The van der Waals surface area contributed by atoms with E-state index in [9.17, 15) is 39.9 Å². The van der Waals surface area contributed by atoms with Crippen LogP contribution in [0.4, 0.5) is 0 Å². The van der Waals surface area contributed by atoms with Gasteiger partial charge in [-0.15, -0.1) is 0 Å². The van der Waals surface area contributed by atoms with Crippen LogP contribution in [0, 0.1) is 0 Å². The third kappa shape index (κ3) is 20.8. The molecule has 0 aromatic rings. The first kappa shape index (κ1) is 46.1. The minimum Gasteiger partial charge on any atom is -0.477 e. The summed E-state index contributed by atoms with van der Waals surface area (Å²) >= 11 is 0. The molecular formula is C30H54BNO18. The van der Waals surface area contributed by atoms with Crippen LogP contribution in [-0.4, -0.2) is 206 Å². The van der Waals surface area contributed by atoms with Crippen LogP contribution in [0.2, 0.25) is 0 Å². The lowest BCUT2D eigenvalue weighted by Crippen LogP contribution is -2.68. The van der Waals surface area contributed by atoms with E-state index in [2.05, 4.69) is 5.32 Å². The van der Waals surface area contributed by atoms with Gasteiger partial charge in [0.15, 0.2) is 7.85 Å². The van der Waals surface area contributed by atoms with Crippen molar-refractivity contribution in [2.24, 2.45) is 0 Å². The second-order valence-corrected chi connectivity index (χ2v) is 10.8. The van der Waals surface area contributed by atoms with Crippen LogP contribution in [0.15, 0.2) is 0 Å². The SMILES string of the molecule is [B]C(=O)CCOCCOCCOCCOCCOCCOCCOCCOCCOC1(C(=O)O)CC(O)C(NC(C)=O)C(C(O)C(O)CO)O1. The van der Waals surface area contributed by atoms with Crippen molar-refractivity contribution in [3.05, 3.63) is 0 Å². The first-order valence-electron chi connectivity index (χ1n) is 16.4. The van der Waals surface area contributed by atoms with Crippen LogP contribution in [-0.2, 0) is 61.8 Å². The third-order valence-electron chi connectivity index (χ3n) is 6.85. The standard InChI is InChI=1S/C30H54BNO18/c1-22(34)32-26-23(35)20-30(29(39)40,50-28(26)27(38)24(36)21-33)49-19-18-48-17-16-47-15-14-46-13-12-45-11-10-44-9-8-43-7-6-42-5-4-41-3-2-25(31)37/h23-24,26-28,33,35-36,38H,2-21H2,1H3,(H,32,34)(H,39,40). The first-order chi connectivity index (χ1) is 24.0. The maximum absolute atomic E-state index is 12.1. The summed E-state index contributed by atoms with van der Waals surface area (Å²) in [7, 11) is 5.01. The molecule has 1 fully saturated rings. The lowest BCUT2D eigenvalue weighted by Gasteiger charge is -2.46. The van der Waals surface area contributed by atoms with Gasteiger partial charge in [-0.2, -0.15) is 0 Å². The van der Waals surface area contributed by atoms with Gasteiger partial charge in [-0.05, 0) is 0 Å². The molecule has 0 bridgehead atoms. The number of ether oxygens (including phenoxy) is 10. The van der Waals surface area contributed by atoms with E-state index < -0.39 is 66.8 Å². The van der Waals surface area contributed by atoms with Gasteiger partial charge in [-0.3, -0.25) is 4.79 Å². The Balaban J connectivity index is 2.02. The van der Waals surface area contributed by atoms with Gasteiger partial charge in [0.1, 0.15) is 18.3 Å². The largest absolute Gasteiger partial charge is 0.477 e. The van der Waals surface area contributed by atoms with Crippen molar-refractivity contribution < 1.29 is 87.3 Å². The zero-order valence-electron chi connectivity index (χ0n) is 28.6. The van der Waals surface area contributed by atoms with Crippen LogP contribution < -0.4 is 5.32 Å². The summed E-state index contributed by atoms with van der Waals surface area (Å²) in [5.41, 5.74) is -0.400. The minimum atomic E-state index is -2.41. The summed E-state index contributed by atoms with van der Waals surface area (Å²) in [4.78, 5) is 34.3. The van der Waals surface area contributed by atoms with Crippen molar-refractivity contribution in [1.29, 1.82) is 0 Å². The number of amides is 1. The summed E-state index contributed by atoms with van der Waals surface area (Å²) in [6.07, 6.45) is -7.14. The summed E-state index contributed by atoms with van der Waals surface area (Å²) in [5, 5.41) is 52.3. The average Bonchev–Trinajstić information content (AvgIpc) is 3.07. The molecule has 1 aliphatic rings. The number of rotatable bonds is 33. The number of aliphatic hydroxyl groups is 4. The molecule has 0 aromatic heterocycles. The van der Waals surface area contributed by atoms with Gasteiger partial charge >= 0.3 is 5.97 Å². The molecule has 1 aliphatic heterocycles. The van der Waals surface area contributed by atoms with Crippen LogP contribution in [0.1, 0.15) is 19.8 Å². The van der Waals surface area contributed by atoms with Crippen molar-refractivity contribution in [2.75, 3.05) is 119 Å². The molecule has 6 atom stereocenters. The lowest BCUT2D eigenvalue weighted by atomic mass is 9.88. The molecular weight excluding hydrogens is 673 g/mol. The number of carbonyl (C=O) groups excluding carboxylic acids is 2. The molecule has 0 spiro atoms. The number of hydrogen-bond acceptors (Lipinski definition) is 17. The predicted molar refractivity (Wildman–Crippen MR) is 170 cm³/mol. The summed E-state index contributed by atoms with van der Waals surface area (Å²) in [5.74, 6) is -4.61. The van der Waals surface area contributed by atoms with E-state index in [0.717, 1.165) is 6.92 Å². The van der Waals surface area contributed by atoms with E-state index >= 15 is 0 Å². The van der Waals surface area contributed by atoms with Crippen LogP contribution >= 0.6 is 0 Å². The number of aliphatic hydroxyl groups excluding tert-OH is 4. The Morgan fingerprint density at radius 1 is 0.740 bits per heavy atom. The number of carboxylic acid groups (broad SMARTS) is 1. The molecule has 1 rings (SSSR count). The first-order valence-corrected chi connectivity index (χ1v) is 16.4. The maximum Gasteiger partial charge on any atom is 0.364 e. The highest BCUT2D eigenvalue weighted by Crippen LogP contribution is 2.33. The fourth-order valence-corrected chi connectivity index (χ4v) is 4.36. The van der Waals surface area contributed by atoms with E-state index in [1.54, 1.807) is 0 Å². The maximum atomic E-state index is 12.1. The van der Waals surface area contributed by atoms with Crippen molar-refractivity contribution in [2.45, 2.75) is 56.0 Å². The Morgan fingerprint density at radius 2 is 1.12 bits per heavy atom. The molecule has 50 heavy (non-hydrogen) atoms. The summed E-state index contributed by atoms with van der Waals surface area (Å²) in [6, 6.07) is -1.28. The van der Waals surface area contributed by atoms with Crippen LogP contribution in [0.3, 0.4) is 0 Å². The average molecular weight is 728 g/mol. The number of carbonyl (C=O) groups is 3. The molecule has 1 heterocycles. The Hall–Kier alpha value is -1.89. The zero-order valence-corrected chi connectivity index (χ0v) is 28.6. The highest BCUT2D eigenvalue weighted by atomic mass is 16.7. The Labute approximate surface area is 293 Å². The van der Waals surface area contributed by atoms with E-state index in [4.69, 9.17) is 55.2 Å². The minimum absolute atomic E-state index is 0.0577. The fourth-order valence-electron chi connectivity index (χ4n) is 4.36. The number of carboxylic acids is 1. The molecule has 0 aliphatic carbocycles. The Morgan fingerprint density at radius 3 is 1.46 bits per heavy atom. The van der Waals surface area contributed by atoms with E-state index in [-0.39, 0.29) is 39.5 Å². The molecule has 6 unspecified atom stereocenters. The second kappa shape index (κ2) is 28.7. The molecule has 0 aromatic carbocycles. The monoisotopic (exact) mass is 727 g/mol. The highest BCUT2D eigenvalue weighted by molar-refractivity contribution is 6.57. The van der Waals surface area contributed by atoms with Gasteiger partial charge in [0.2, 0.25) is 5.91 Å².